The van der Waals surface area contributed by atoms with E-state index >= 15 is 0 Å². The lowest BCUT2D eigenvalue weighted by Crippen LogP contribution is -2.39. The lowest BCUT2D eigenvalue weighted by molar-refractivity contribution is 0.0818. The van der Waals surface area contributed by atoms with E-state index in [9.17, 15) is 4.79 Å². The smallest absolute Gasteiger partial charge is 0.410 e. The molecule has 0 radical (unpaired) electrons. The van der Waals surface area contributed by atoms with Crippen molar-refractivity contribution in [2.24, 2.45) is 0 Å². The Hall–Kier alpha value is -2.60. The molecule has 1 fully saturated rings. The Bertz CT molecular complexity index is 951. The minimum Gasteiger partial charge on any atom is -0.445 e. The van der Waals surface area contributed by atoms with Crippen LogP contribution in [0.2, 0.25) is 5.15 Å². The molecule has 1 aliphatic carbocycles. The van der Waals surface area contributed by atoms with E-state index in [1.165, 1.54) is 0 Å². The number of imidazole rings is 1. The van der Waals surface area contributed by atoms with Crippen molar-refractivity contribution in [3.63, 3.8) is 0 Å². The fourth-order valence-electron chi connectivity index (χ4n) is 3.91. The Kier molecular flexibility index (Phi) is 5.48. The number of hydrogen-bond acceptors (Lipinski definition) is 4. The van der Waals surface area contributed by atoms with Gasteiger partial charge in [-0.3, -0.25) is 4.40 Å². The van der Waals surface area contributed by atoms with E-state index in [-0.39, 0.29) is 12.1 Å². The monoisotopic (exact) mass is 398 g/mol. The van der Waals surface area contributed by atoms with Gasteiger partial charge in [0.25, 0.3) is 0 Å². The molecular formula is C21H23ClN4O2. The summed E-state index contributed by atoms with van der Waals surface area (Å²) in [6.45, 7) is 0.300. The standard InChI is InChI=1S/C21H23ClN4O2/c1-25(21(27)28-14-15-5-3-2-4-6-15)17-9-7-16(8-10-17)20-24-13-18-19(22)23-11-12-26(18)20/h2-6,11-13,16-17H,7-10,14H2,1H3. The molecule has 1 amide bonds. The maximum atomic E-state index is 12.4. The zero-order valence-corrected chi connectivity index (χ0v) is 16.5. The number of ether oxygens (including phenoxy) is 1. The fourth-order valence-corrected chi connectivity index (χ4v) is 4.11. The molecule has 1 aliphatic rings. The van der Waals surface area contributed by atoms with Crippen LogP contribution in [0.25, 0.3) is 5.52 Å². The van der Waals surface area contributed by atoms with Crippen LogP contribution in [0.4, 0.5) is 4.79 Å². The topological polar surface area (TPSA) is 59.7 Å². The molecule has 2 aromatic heterocycles. The van der Waals surface area contributed by atoms with Crippen LogP contribution in [0.3, 0.4) is 0 Å². The number of aromatic nitrogens is 3. The van der Waals surface area contributed by atoms with Crippen LogP contribution in [0.15, 0.2) is 48.9 Å². The number of fused-ring (bicyclic) bond motifs is 1. The average molecular weight is 399 g/mol. The molecule has 2 heterocycles. The summed E-state index contributed by atoms with van der Waals surface area (Å²) in [6.07, 6.45) is 8.91. The zero-order chi connectivity index (χ0) is 19.5. The van der Waals surface area contributed by atoms with Crippen molar-refractivity contribution >= 4 is 23.2 Å². The average Bonchev–Trinajstić information content (AvgIpc) is 3.18. The summed E-state index contributed by atoms with van der Waals surface area (Å²) in [6, 6.07) is 9.93. The summed E-state index contributed by atoms with van der Waals surface area (Å²) in [5.74, 6) is 1.37. The largest absolute Gasteiger partial charge is 0.445 e. The van der Waals surface area contributed by atoms with Gasteiger partial charge in [-0.25, -0.2) is 14.8 Å². The van der Waals surface area contributed by atoms with Crippen LogP contribution in [-0.4, -0.2) is 38.5 Å². The SMILES string of the molecule is CN(C(=O)OCc1ccccc1)C1CCC(c2ncc3c(Cl)nccn23)CC1. The normalized spacial score (nSPS) is 19.5. The van der Waals surface area contributed by atoms with Crippen LogP contribution in [0, 0.1) is 0 Å². The molecule has 0 unspecified atom stereocenters. The van der Waals surface area contributed by atoms with Crippen LogP contribution < -0.4 is 0 Å². The number of nitrogens with zero attached hydrogens (tertiary/aromatic N) is 4. The summed E-state index contributed by atoms with van der Waals surface area (Å²) < 4.78 is 7.49. The summed E-state index contributed by atoms with van der Waals surface area (Å²) in [5, 5.41) is 0.468. The first kappa shape index (κ1) is 18.7. The second-order valence-electron chi connectivity index (χ2n) is 7.25. The summed E-state index contributed by atoms with van der Waals surface area (Å²) in [7, 11) is 1.83. The fraction of sp³-hybridized carbons (Fsp3) is 0.381. The molecule has 6 nitrogen and oxygen atoms in total. The Morgan fingerprint density at radius 3 is 2.71 bits per heavy atom. The highest BCUT2D eigenvalue weighted by Gasteiger charge is 2.30. The van der Waals surface area contributed by atoms with E-state index in [2.05, 4.69) is 9.97 Å². The Morgan fingerprint density at radius 1 is 1.21 bits per heavy atom. The molecule has 0 aliphatic heterocycles. The second kappa shape index (κ2) is 8.19. The summed E-state index contributed by atoms with van der Waals surface area (Å²) >= 11 is 6.15. The third kappa shape index (κ3) is 3.83. The van der Waals surface area contributed by atoms with Crippen molar-refractivity contribution in [2.75, 3.05) is 7.05 Å². The van der Waals surface area contributed by atoms with Gasteiger partial charge in [0.1, 0.15) is 17.9 Å². The van der Waals surface area contributed by atoms with E-state index in [1.54, 1.807) is 17.3 Å². The third-order valence-electron chi connectivity index (χ3n) is 5.54. The van der Waals surface area contributed by atoms with Crippen molar-refractivity contribution in [3.8, 4) is 0 Å². The first-order valence-corrected chi connectivity index (χ1v) is 9.92. The molecule has 7 heteroatoms. The maximum absolute atomic E-state index is 12.4. The van der Waals surface area contributed by atoms with E-state index < -0.39 is 0 Å². The van der Waals surface area contributed by atoms with Crippen molar-refractivity contribution < 1.29 is 9.53 Å². The molecule has 4 rings (SSSR count). The van der Waals surface area contributed by atoms with E-state index in [0.717, 1.165) is 42.6 Å². The molecule has 28 heavy (non-hydrogen) atoms. The second-order valence-corrected chi connectivity index (χ2v) is 7.60. The van der Waals surface area contributed by atoms with Gasteiger partial charge < -0.3 is 9.64 Å². The number of halogens is 1. The molecule has 1 saturated carbocycles. The van der Waals surface area contributed by atoms with Crippen molar-refractivity contribution in [1.29, 1.82) is 0 Å². The number of rotatable bonds is 4. The minimum atomic E-state index is -0.267. The maximum Gasteiger partial charge on any atom is 0.410 e. The first-order valence-electron chi connectivity index (χ1n) is 9.54. The van der Waals surface area contributed by atoms with Gasteiger partial charge in [-0.1, -0.05) is 41.9 Å². The van der Waals surface area contributed by atoms with Crippen molar-refractivity contribution in [2.45, 2.75) is 44.2 Å². The van der Waals surface area contributed by atoms with Crippen molar-refractivity contribution in [3.05, 3.63) is 65.5 Å². The molecule has 0 atom stereocenters. The van der Waals surface area contributed by atoms with Crippen LogP contribution in [0.5, 0.6) is 0 Å². The van der Waals surface area contributed by atoms with Crippen LogP contribution in [-0.2, 0) is 11.3 Å². The van der Waals surface area contributed by atoms with Gasteiger partial charge in [-0.2, -0.15) is 0 Å². The zero-order valence-electron chi connectivity index (χ0n) is 15.8. The van der Waals surface area contributed by atoms with E-state index in [0.29, 0.717) is 17.7 Å². The Balaban J connectivity index is 1.34. The quantitative estimate of drug-likeness (QED) is 0.640. The molecule has 3 aromatic rings. The summed E-state index contributed by atoms with van der Waals surface area (Å²) in [4.78, 5) is 22.8. The number of hydrogen-bond donors (Lipinski definition) is 0. The van der Waals surface area contributed by atoms with Gasteiger partial charge in [0.2, 0.25) is 0 Å². The summed E-state index contributed by atoms with van der Waals surface area (Å²) in [5.41, 5.74) is 1.83. The molecule has 0 N–H and O–H groups in total. The highest BCUT2D eigenvalue weighted by molar-refractivity contribution is 6.32. The highest BCUT2D eigenvalue weighted by Crippen LogP contribution is 2.34. The van der Waals surface area contributed by atoms with Crippen molar-refractivity contribution in [1.82, 2.24) is 19.3 Å². The van der Waals surface area contributed by atoms with Gasteiger partial charge in [0.15, 0.2) is 5.15 Å². The number of amides is 1. The molecule has 0 saturated heterocycles. The molecule has 0 spiro atoms. The van der Waals surface area contributed by atoms with Crippen LogP contribution >= 0.6 is 11.6 Å². The molecule has 1 aromatic carbocycles. The Labute approximate surface area is 169 Å². The highest BCUT2D eigenvalue weighted by atomic mass is 35.5. The number of benzene rings is 1. The van der Waals surface area contributed by atoms with Crippen LogP contribution in [0.1, 0.15) is 43.0 Å². The van der Waals surface area contributed by atoms with Gasteiger partial charge in [-0.05, 0) is 31.2 Å². The van der Waals surface area contributed by atoms with E-state index in [1.807, 2.05) is 48.0 Å². The lowest BCUT2D eigenvalue weighted by Gasteiger charge is -2.33. The molecular weight excluding hydrogens is 376 g/mol. The molecule has 146 valence electrons. The number of carbonyl (C=O) groups excluding carboxylic acids is 1. The first-order chi connectivity index (χ1) is 13.6. The van der Waals surface area contributed by atoms with Gasteiger partial charge in [0.05, 0.1) is 6.20 Å². The predicted octanol–water partition coefficient (Wildman–Crippen LogP) is 4.68. The van der Waals surface area contributed by atoms with Gasteiger partial charge in [0, 0.05) is 31.4 Å². The van der Waals surface area contributed by atoms with E-state index in [4.69, 9.17) is 16.3 Å². The van der Waals surface area contributed by atoms with Gasteiger partial charge in [-0.15, -0.1) is 0 Å². The number of carbonyl (C=O) groups is 1. The molecule has 0 bridgehead atoms. The Morgan fingerprint density at radius 2 is 1.96 bits per heavy atom. The van der Waals surface area contributed by atoms with Gasteiger partial charge >= 0.3 is 6.09 Å². The third-order valence-corrected chi connectivity index (χ3v) is 5.83. The minimum absolute atomic E-state index is 0.191. The lowest BCUT2D eigenvalue weighted by atomic mass is 9.85. The predicted molar refractivity (Wildman–Crippen MR) is 107 cm³/mol.